The van der Waals surface area contributed by atoms with Gasteiger partial charge in [-0.1, -0.05) is 12.1 Å². The van der Waals surface area contributed by atoms with E-state index in [1.54, 1.807) is 25.1 Å². The van der Waals surface area contributed by atoms with E-state index in [1.807, 2.05) is 0 Å². The van der Waals surface area contributed by atoms with Crippen molar-refractivity contribution in [3.8, 4) is 11.5 Å². The van der Waals surface area contributed by atoms with Crippen LogP contribution in [-0.2, 0) is 4.79 Å². The molecule has 0 bridgehead atoms. The number of amides is 2. The lowest BCUT2D eigenvalue weighted by atomic mass is 10.2. The maximum atomic E-state index is 12.2. The molecule has 0 saturated carbocycles. The molecule has 2 rings (SSSR count). The van der Waals surface area contributed by atoms with Crippen LogP contribution in [0.3, 0.4) is 0 Å². The average molecular weight is 400 g/mol. The lowest BCUT2D eigenvalue weighted by Crippen LogP contribution is -2.21. The predicted molar refractivity (Wildman–Crippen MR) is 106 cm³/mol. The second-order valence-corrected chi connectivity index (χ2v) is 5.86. The summed E-state index contributed by atoms with van der Waals surface area (Å²) in [7, 11) is 2.94. The van der Waals surface area contributed by atoms with Gasteiger partial charge in [0.15, 0.2) is 11.5 Å². The van der Waals surface area contributed by atoms with Gasteiger partial charge in [-0.2, -0.15) is 5.10 Å². The van der Waals surface area contributed by atoms with Crippen molar-refractivity contribution < 1.29 is 24.0 Å². The third-order valence-corrected chi connectivity index (χ3v) is 3.79. The molecular formula is C19H20N4O6. The van der Waals surface area contributed by atoms with Gasteiger partial charge in [-0.15, -0.1) is 0 Å². The predicted octanol–water partition coefficient (Wildman–Crippen LogP) is 2.75. The minimum Gasteiger partial charge on any atom is -0.493 e. The van der Waals surface area contributed by atoms with E-state index in [1.165, 1.54) is 38.5 Å². The Labute approximate surface area is 166 Å². The number of carbonyl (C=O) groups is 2. The van der Waals surface area contributed by atoms with Gasteiger partial charge < -0.3 is 14.8 Å². The van der Waals surface area contributed by atoms with E-state index in [0.29, 0.717) is 22.8 Å². The van der Waals surface area contributed by atoms with Gasteiger partial charge in [0.25, 0.3) is 11.6 Å². The highest BCUT2D eigenvalue weighted by Crippen LogP contribution is 2.27. The quantitative estimate of drug-likeness (QED) is 0.398. The van der Waals surface area contributed by atoms with Crippen LogP contribution in [-0.4, -0.2) is 36.7 Å². The fourth-order valence-corrected chi connectivity index (χ4v) is 2.39. The standard InChI is InChI=1S/C19H20N4O6/c1-12(10-18(24)20-14-6-4-5-7-15(14)23(26)27)21-22-19(25)13-8-9-16(28-2)17(11-13)29-3/h4-9,11H,10H2,1-3H3,(H,20,24)(H,22,25)/b21-12+. The molecule has 2 N–H and O–H groups in total. The Balaban J connectivity index is 1.99. The van der Waals surface area contributed by atoms with Crippen LogP contribution >= 0.6 is 0 Å². The van der Waals surface area contributed by atoms with E-state index in [2.05, 4.69) is 15.8 Å². The topological polar surface area (TPSA) is 132 Å². The molecule has 2 amide bonds. The monoisotopic (exact) mass is 400 g/mol. The summed E-state index contributed by atoms with van der Waals surface area (Å²) in [5, 5.41) is 17.3. The normalized spacial score (nSPS) is 10.8. The number of anilines is 1. The molecule has 0 aliphatic heterocycles. The molecule has 10 nitrogen and oxygen atoms in total. The summed E-state index contributed by atoms with van der Waals surface area (Å²) in [6.07, 6.45) is -0.155. The number of nitrogens with one attached hydrogen (secondary N) is 2. The number of hydrazone groups is 1. The highest BCUT2D eigenvalue weighted by Gasteiger charge is 2.15. The molecule has 0 aromatic heterocycles. The molecule has 0 fully saturated rings. The van der Waals surface area contributed by atoms with Gasteiger partial charge in [0, 0.05) is 17.3 Å². The van der Waals surface area contributed by atoms with Crippen molar-refractivity contribution in [3.63, 3.8) is 0 Å². The van der Waals surface area contributed by atoms with E-state index >= 15 is 0 Å². The molecule has 0 atom stereocenters. The van der Waals surface area contributed by atoms with Crippen LogP contribution in [0.25, 0.3) is 0 Å². The summed E-state index contributed by atoms with van der Waals surface area (Å²) in [5.41, 5.74) is 2.84. The third-order valence-electron chi connectivity index (χ3n) is 3.79. The zero-order chi connectivity index (χ0) is 21.4. The molecule has 0 aliphatic rings. The molecular weight excluding hydrogens is 380 g/mol. The van der Waals surface area contributed by atoms with Crippen molar-refractivity contribution in [1.29, 1.82) is 0 Å². The van der Waals surface area contributed by atoms with Gasteiger partial charge in [-0.05, 0) is 31.2 Å². The van der Waals surface area contributed by atoms with Crippen LogP contribution in [0.15, 0.2) is 47.6 Å². The molecule has 10 heteroatoms. The summed E-state index contributed by atoms with van der Waals surface area (Å²) in [5.74, 6) is -0.120. The van der Waals surface area contributed by atoms with Gasteiger partial charge in [0.05, 0.1) is 25.6 Å². The highest BCUT2D eigenvalue weighted by molar-refractivity contribution is 6.06. The highest BCUT2D eigenvalue weighted by atomic mass is 16.6. The van der Waals surface area contributed by atoms with Crippen LogP contribution < -0.4 is 20.2 Å². The maximum absolute atomic E-state index is 12.2. The van der Waals surface area contributed by atoms with Crippen molar-refractivity contribution in [2.24, 2.45) is 5.10 Å². The Kier molecular flexibility index (Phi) is 7.24. The number of nitro benzene ring substituents is 1. The Morgan fingerprint density at radius 2 is 1.79 bits per heavy atom. The van der Waals surface area contributed by atoms with Gasteiger partial charge in [0.2, 0.25) is 5.91 Å². The number of nitrogens with zero attached hydrogens (tertiary/aromatic N) is 2. The number of ether oxygens (including phenoxy) is 2. The van der Waals surface area contributed by atoms with Crippen LogP contribution in [0.4, 0.5) is 11.4 Å². The van der Waals surface area contributed by atoms with Gasteiger partial charge >= 0.3 is 0 Å². The number of benzene rings is 2. The molecule has 0 unspecified atom stereocenters. The molecule has 0 radical (unpaired) electrons. The average Bonchev–Trinajstić information content (AvgIpc) is 2.71. The zero-order valence-corrected chi connectivity index (χ0v) is 16.1. The number of rotatable bonds is 8. The molecule has 2 aromatic carbocycles. The van der Waals surface area contributed by atoms with E-state index < -0.39 is 16.7 Å². The van der Waals surface area contributed by atoms with E-state index in [9.17, 15) is 19.7 Å². The van der Waals surface area contributed by atoms with E-state index in [0.717, 1.165) is 0 Å². The van der Waals surface area contributed by atoms with Crippen molar-refractivity contribution >= 4 is 28.9 Å². The molecule has 0 spiro atoms. The van der Waals surface area contributed by atoms with Crippen LogP contribution in [0.5, 0.6) is 11.5 Å². The number of methoxy groups -OCH3 is 2. The fourth-order valence-electron chi connectivity index (χ4n) is 2.39. The van der Waals surface area contributed by atoms with E-state index in [-0.39, 0.29) is 17.8 Å². The minimum atomic E-state index is -0.583. The largest absolute Gasteiger partial charge is 0.493 e. The second-order valence-electron chi connectivity index (χ2n) is 5.86. The number of carbonyl (C=O) groups excluding carboxylic acids is 2. The first-order valence-electron chi connectivity index (χ1n) is 8.44. The molecule has 152 valence electrons. The number of para-hydroxylation sites is 2. The van der Waals surface area contributed by atoms with Crippen molar-refractivity contribution in [2.45, 2.75) is 13.3 Å². The lowest BCUT2D eigenvalue weighted by Gasteiger charge is -2.09. The summed E-state index contributed by atoms with van der Waals surface area (Å²) in [6.45, 7) is 1.55. The van der Waals surface area contributed by atoms with Crippen LogP contribution in [0.2, 0.25) is 0 Å². The molecule has 0 saturated heterocycles. The van der Waals surface area contributed by atoms with Gasteiger partial charge in [0.1, 0.15) is 5.69 Å². The third kappa shape index (κ3) is 5.76. The zero-order valence-electron chi connectivity index (χ0n) is 16.1. The molecule has 0 heterocycles. The Morgan fingerprint density at radius 3 is 2.45 bits per heavy atom. The lowest BCUT2D eigenvalue weighted by molar-refractivity contribution is -0.383. The summed E-state index contributed by atoms with van der Waals surface area (Å²) >= 11 is 0. The molecule has 0 aliphatic carbocycles. The molecule has 29 heavy (non-hydrogen) atoms. The summed E-state index contributed by atoms with van der Waals surface area (Å²) in [6, 6.07) is 10.4. The summed E-state index contributed by atoms with van der Waals surface area (Å²) in [4.78, 5) is 34.7. The van der Waals surface area contributed by atoms with Crippen molar-refractivity contribution in [3.05, 3.63) is 58.1 Å². The Bertz CT molecular complexity index is 957. The Morgan fingerprint density at radius 1 is 1.10 bits per heavy atom. The number of hydrogen-bond donors (Lipinski definition) is 2. The summed E-state index contributed by atoms with van der Waals surface area (Å²) < 4.78 is 10.3. The Hall–Kier alpha value is -3.95. The number of nitro groups is 1. The molecule has 2 aromatic rings. The second kappa shape index (κ2) is 9.83. The van der Waals surface area contributed by atoms with Gasteiger partial charge in [-0.25, -0.2) is 5.43 Å². The van der Waals surface area contributed by atoms with Crippen molar-refractivity contribution in [1.82, 2.24) is 5.43 Å². The smallest absolute Gasteiger partial charge is 0.292 e. The maximum Gasteiger partial charge on any atom is 0.292 e. The van der Waals surface area contributed by atoms with E-state index in [4.69, 9.17) is 9.47 Å². The van der Waals surface area contributed by atoms with Crippen LogP contribution in [0.1, 0.15) is 23.7 Å². The fraction of sp³-hybridized carbons (Fsp3) is 0.211. The van der Waals surface area contributed by atoms with Crippen molar-refractivity contribution in [2.75, 3.05) is 19.5 Å². The SMILES string of the molecule is COc1ccc(C(=O)N/N=C(\C)CC(=O)Nc2ccccc2[N+](=O)[O-])cc1OC. The minimum absolute atomic E-state index is 0.0877. The first-order chi connectivity index (χ1) is 13.8. The number of hydrogen-bond acceptors (Lipinski definition) is 7. The van der Waals surface area contributed by atoms with Crippen LogP contribution in [0, 0.1) is 10.1 Å². The van der Waals surface area contributed by atoms with Gasteiger partial charge in [-0.3, -0.25) is 19.7 Å². The first kappa shape index (κ1) is 21.4. The first-order valence-corrected chi connectivity index (χ1v) is 8.44.